The molecule has 7 nitrogen and oxygen atoms in total. The predicted octanol–water partition coefficient (Wildman–Crippen LogP) is 1.08. The maximum absolute atomic E-state index is 13.0. The summed E-state index contributed by atoms with van der Waals surface area (Å²) in [5, 5.41) is 0. The molecule has 1 spiro atoms. The van der Waals surface area contributed by atoms with Gasteiger partial charge in [-0.05, 0) is 19.3 Å². The number of allylic oxidation sites excluding steroid dienone is 2. The summed E-state index contributed by atoms with van der Waals surface area (Å²) < 4.78 is 25.5. The van der Waals surface area contributed by atoms with Crippen molar-refractivity contribution in [3.63, 3.8) is 0 Å². The number of hydrogen-bond donors (Lipinski definition) is 0. The molecule has 0 saturated carbocycles. The lowest BCUT2D eigenvalue weighted by molar-refractivity contribution is -0.149. The summed E-state index contributed by atoms with van der Waals surface area (Å²) in [4.78, 5) is 23.4. The molecule has 1 aromatic heterocycles. The van der Waals surface area contributed by atoms with Crippen molar-refractivity contribution in [2.45, 2.75) is 31.6 Å². The van der Waals surface area contributed by atoms with E-state index in [2.05, 4.69) is 22.1 Å². The van der Waals surface area contributed by atoms with E-state index in [4.69, 9.17) is 0 Å². The van der Waals surface area contributed by atoms with Crippen molar-refractivity contribution in [1.29, 1.82) is 0 Å². The molecule has 1 aliphatic carbocycles. The van der Waals surface area contributed by atoms with Crippen LogP contribution in [0.25, 0.3) is 0 Å². The van der Waals surface area contributed by atoms with Crippen molar-refractivity contribution in [2.75, 3.05) is 30.2 Å². The fraction of sp³-hybridized carbons (Fsp3) is 0.588. The Morgan fingerprint density at radius 3 is 2.52 bits per heavy atom. The minimum absolute atomic E-state index is 0.158. The fourth-order valence-corrected chi connectivity index (χ4v) is 5.13. The Labute approximate surface area is 147 Å². The molecule has 1 atom stereocenters. The number of aromatic nitrogens is 2. The molecule has 0 N–H and O–H groups in total. The minimum Gasteiger partial charge on any atom is -0.340 e. The molecule has 1 fully saturated rings. The van der Waals surface area contributed by atoms with Gasteiger partial charge in [-0.1, -0.05) is 19.1 Å². The zero-order chi connectivity index (χ0) is 17.9. The van der Waals surface area contributed by atoms with Gasteiger partial charge in [0.25, 0.3) is 0 Å². The molecule has 2 aliphatic heterocycles. The largest absolute Gasteiger partial charge is 0.340 e. The first-order chi connectivity index (χ1) is 11.8. The van der Waals surface area contributed by atoms with E-state index >= 15 is 0 Å². The number of carbonyl (C=O) groups excluding carboxylic acids is 1. The van der Waals surface area contributed by atoms with Crippen LogP contribution in [0.2, 0.25) is 0 Å². The first-order valence-corrected chi connectivity index (χ1v) is 10.3. The molecule has 0 aromatic carbocycles. The van der Waals surface area contributed by atoms with E-state index < -0.39 is 15.4 Å². The van der Waals surface area contributed by atoms with Gasteiger partial charge in [-0.2, -0.15) is 0 Å². The zero-order valence-electron chi connectivity index (χ0n) is 14.5. The van der Waals surface area contributed by atoms with Crippen molar-refractivity contribution in [3.05, 3.63) is 30.2 Å². The molecule has 25 heavy (non-hydrogen) atoms. The predicted molar refractivity (Wildman–Crippen MR) is 93.6 cm³/mol. The summed E-state index contributed by atoms with van der Waals surface area (Å²) in [6, 6.07) is 0. The quantitative estimate of drug-likeness (QED) is 0.735. The van der Waals surface area contributed by atoms with Gasteiger partial charge in [0.1, 0.15) is 0 Å². The van der Waals surface area contributed by atoms with Gasteiger partial charge in [0.05, 0.1) is 29.3 Å². The van der Waals surface area contributed by atoms with Gasteiger partial charge in [0.2, 0.25) is 15.9 Å². The van der Waals surface area contributed by atoms with Crippen LogP contribution in [0.3, 0.4) is 0 Å². The first-order valence-electron chi connectivity index (χ1n) is 8.49. The van der Waals surface area contributed by atoms with E-state index in [0.29, 0.717) is 31.1 Å². The third-order valence-electron chi connectivity index (χ3n) is 5.65. The highest BCUT2D eigenvalue weighted by Crippen LogP contribution is 2.47. The van der Waals surface area contributed by atoms with Gasteiger partial charge in [-0.15, -0.1) is 0 Å². The summed E-state index contributed by atoms with van der Waals surface area (Å²) >= 11 is 0. The zero-order valence-corrected chi connectivity index (χ0v) is 15.3. The summed E-state index contributed by atoms with van der Waals surface area (Å²) in [5.41, 5.74) is -0.0851. The van der Waals surface area contributed by atoms with E-state index in [1.807, 2.05) is 11.8 Å². The van der Waals surface area contributed by atoms with Crippen molar-refractivity contribution in [3.8, 4) is 0 Å². The Balaban J connectivity index is 1.58. The van der Waals surface area contributed by atoms with Crippen LogP contribution in [0, 0.1) is 5.41 Å². The van der Waals surface area contributed by atoms with Crippen molar-refractivity contribution in [2.24, 2.45) is 5.41 Å². The SMILES string of the molecule is CC1(C(=O)N2CC3(C2)CN(S(C)(=O)=O)c2nccnc23)CC=CCC1. The fourth-order valence-electron chi connectivity index (χ4n) is 4.21. The summed E-state index contributed by atoms with van der Waals surface area (Å²) in [6.45, 7) is 3.34. The van der Waals surface area contributed by atoms with E-state index in [1.165, 1.54) is 16.8 Å². The molecule has 3 heterocycles. The average molecular weight is 362 g/mol. The molecule has 8 heteroatoms. The number of carbonyl (C=O) groups is 1. The highest BCUT2D eigenvalue weighted by molar-refractivity contribution is 7.92. The number of rotatable bonds is 2. The van der Waals surface area contributed by atoms with E-state index in [1.54, 1.807) is 6.20 Å². The number of nitrogens with zero attached hydrogens (tertiary/aromatic N) is 4. The maximum Gasteiger partial charge on any atom is 0.233 e. The average Bonchev–Trinajstić information content (AvgIpc) is 2.89. The Bertz CT molecular complexity index is 860. The standard InChI is InChI=1S/C17H22N4O3S/c1-16(6-4-3-5-7-16)15(22)20-10-17(11-20)12-21(25(2,23)24)14-13(17)18-8-9-19-14/h3-4,8-9H,5-7,10-12H2,1-2H3. The number of hydrogen-bond acceptors (Lipinski definition) is 5. The third-order valence-corrected chi connectivity index (χ3v) is 6.76. The number of likely N-dealkylation sites (tertiary alicyclic amines) is 1. The van der Waals surface area contributed by atoms with Gasteiger partial charge in [0.15, 0.2) is 5.82 Å². The van der Waals surface area contributed by atoms with Gasteiger partial charge in [-0.3, -0.25) is 14.1 Å². The minimum atomic E-state index is -3.42. The van der Waals surface area contributed by atoms with Crippen molar-refractivity contribution >= 4 is 21.7 Å². The second-order valence-corrected chi connectivity index (χ2v) is 9.62. The summed E-state index contributed by atoms with van der Waals surface area (Å²) in [5.74, 6) is 0.564. The highest BCUT2D eigenvalue weighted by atomic mass is 32.2. The topological polar surface area (TPSA) is 83.5 Å². The molecule has 0 radical (unpaired) electrons. The smallest absolute Gasteiger partial charge is 0.233 e. The first kappa shape index (κ1) is 16.5. The molecular formula is C17H22N4O3S. The van der Waals surface area contributed by atoms with Crippen LogP contribution in [-0.4, -0.2) is 55.1 Å². The van der Waals surface area contributed by atoms with Crippen molar-refractivity contribution < 1.29 is 13.2 Å². The van der Waals surface area contributed by atoms with Gasteiger partial charge in [-0.25, -0.2) is 13.4 Å². The molecular weight excluding hydrogens is 340 g/mol. The highest BCUT2D eigenvalue weighted by Gasteiger charge is 2.57. The molecule has 134 valence electrons. The van der Waals surface area contributed by atoms with Crippen LogP contribution in [-0.2, 0) is 20.2 Å². The third kappa shape index (κ3) is 2.46. The van der Waals surface area contributed by atoms with Gasteiger partial charge in [0, 0.05) is 25.5 Å². The summed E-state index contributed by atoms with van der Waals surface area (Å²) in [7, 11) is -3.42. The van der Waals surface area contributed by atoms with E-state index in [9.17, 15) is 13.2 Å². The van der Waals surface area contributed by atoms with Crippen LogP contribution in [0.4, 0.5) is 5.82 Å². The van der Waals surface area contributed by atoms with E-state index in [-0.39, 0.29) is 11.3 Å². The summed E-state index contributed by atoms with van der Waals surface area (Å²) in [6.07, 6.45) is 11.0. The monoisotopic (exact) mass is 362 g/mol. The second kappa shape index (κ2) is 5.27. The molecule has 1 saturated heterocycles. The van der Waals surface area contributed by atoms with E-state index in [0.717, 1.165) is 19.3 Å². The lowest BCUT2D eigenvalue weighted by Gasteiger charge is -2.50. The second-order valence-electron chi connectivity index (χ2n) is 7.71. The molecule has 3 aliphatic rings. The molecule has 1 aromatic rings. The number of anilines is 1. The van der Waals surface area contributed by atoms with Gasteiger partial charge < -0.3 is 4.90 Å². The van der Waals surface area contributed by atoms with Crippen LogP contribution in [0.5, 0.6) is 0 Å². The maximum atomic E-state index is 13.0. The van der Waals surface area contributed by atoms with Crippen LogP contribution < -0.4 is 4.31 Å². The Morgan fingerprint density at radius 2 is 1.88 bits per heavy atom. The Hall–Kier alpha value is -1.96. The number of fused-ring (bicyclic) bond motifs is 2. The molecule has 1 unspecified atom stereocenters. The number of sulfonamides is 1. The lowest BCUT2D eigenvalue weighted by Crippen LogP contribution is -2.65. The number of amides is 1. The van der Waals surface area contributed by atoms with Crippen molar-refractivity contribution in [1.82, 2.24) is 14.9 Å². The Morgan fingerprint density at radius 1 is 1.16 bits per heavy atom. The van der Waals surface area contributed by atoms with Crippen LogP contribution in [0.1, 0.15) is 31.9 Å². The van der Waals surface area contributed by atoms with Crippen LogP contribution >= 0.6 is 0 Å². The normalized spacial score (nSPS) is 27.3. The van der Waals surface area contributed by atoms with Crippen LogP contribution in [0.15, 0.2) is 24.5 Å². The Kier molecular flexibility index (Phi) is 3.48. The molecule has 1 amide bonds. The van der Waals surface area contributed by atoms with Gasteiger partial charge >= 0.3 is 0 Å². The lowest BCUT2D eigenvalue weighted by atomic mass is 9.73. The molecule has 0 bridgehead atoms. The molecule has 4 rings (SSSR count).